The monoisotopic (exact) mass is 397 g/mol. The van der Waals surface area contributed by atoms with Crippen molar-refractivity contribution < 1.29 is 4.79 Å². The van der Waals surface area contributed by atoms with E-state index in [2.05, 4.69) is 50.5 Å². The van der Waals surface area contributed by atoms with Crippen molar-refractivity contribution >= 4 is 17.5 Å². The van der Waals surface area contributed by atoms with Crippen molar-refractivity contribution in [3.8, 4) is 6.07 Å². The first kappa shape index (κ1) is 19.6. The van der Waals surface area contributed by atoms with Crippen LogP contribution in [0.1, 0.15) is 34.5 Å². The Balaban J connectivity index is 1.36. The van der Waals surface area contributed by atoms with E-state index in [1.807, 2.05) is 6.07 Å². The number of anilines is 2. The molecule has 3 aromatic rings. The van der Waals surface area contributed by atoms with Gasteiger partial charge in [-0.3, -0.25) is 4.79 Å². The van der Waals surface area contributed by atoms with Crippen LogP contribution in [0.25, 0.3) is 0 Å². The van der Waals surface area contributed by atoms with E-state index in [-0.39, 0.29) is 5.91 Å². The van der Waals surface area contributed by atoms with E-state index in [0.717, 1.165) is 32.4 Å². The Morgan fingerprint density at radius 1 is 1.07 bits per heavy atom. The summed E-state index contributed by atoms with van der Waals surface area (Å²) in [7, 11) is 0. The molecule has 1 saturated heterocycles. The van der Waals surface area contributed by atoms with Crippen LogP contribution in [0.3, 0.4) is 0 Å². The van der Waals surface area contributed by atoms with Gasteiger partial charge in [-0.15, -0.1) is 0 Å². The highest BCUT2D eigenvalue weighted by Gasteiger charge is 2.22. The second-order valence-corrected chi connectivity index (χ2v) is 7.51. The largest absolute Gasteiger partial charge is 0.341 e. The number of amides is 1. The van der Waals surface area contributed by atoms with Crippen molar-refractivity contribution in [1.29, 1.82) is 5.26 Å². The molecule has 0 aliphatic carbocycles. The number of nitrogens with zero attached hydrogens (tertiary/aromatic N) is 4. The number of carbonyl (C=O) groups is 1. The zero-order valence-corrected chi connectivity index (χ0v) is 16.7. The Labute approximate surface area is 176 Å². The van der Waals surface area contributed by atoms with Gasteiger partial charge in [-0.05, 0) is 61.1 Å². The molecule has 6 nitrogen and oxygen atoms in total. The molecule has 1 fully saturated rings. The zero-order valence-electron chi connectivity index (χ0n) is 16.7. The highest BCUT2D eigenvalue weighted by molar-refractivity contribution is 6.03. The molecule has 2 heterocycles. The van der Waals surface area contributed by atoms with Crippen LogP contribution in [0, 0.1) is 17.2 Å². The molecule has 30 heavy (non-hydrogen) atoms. The van der Waals surface area contributed by atoms with E-state index in [1.54, 1.807) is 36.5 Å². The molecule has 0 unspecified atom stereocenters. The van der Waals surface area contributed by atoms with Crippen LogP contribution in [0.5, 0.6) is 0 Å². The van der Waals surface area contributed by atoms with Crippen LogP contribution in [-0.4, -0.2) is 29.0 Å². The van der Waals surface area contributed by atoms with Gasteiger partial charge in [-0.25, -0.2) is 9.97 Å². The Kier molecular flexibility index (Phi) is 6.00. The Bertz CT molecular complexity index is 1040. The summed E-state index contributed by atoms with van der Waals surface area (Å²) in [4.78, 5) is 23.6. The number of hydrogen-bond acceptors (Lipinski definition) is 5. The van der Waals surface area contributed by atoms with Crippen molar-refractivity contribution in [1.82, 2.24) is 9.97 Å². The van der Waals surface area contributed by atoms with Crippen LogP contribution >= 0.6 is 0 Å². The molecule has 1 amide bonds. The fourth-order valence-electron chi connectivity index (χ4n) is 3.73. The minimum Gasteiger partial charge on any atom is -0.341 e. The van der Waals surface area contributed by atoms with Gasteiger partial charge in [0.2, 0.25) is 5.95 Å². The third-order valence-electron chi connectivity index (χ3n) is 5.41. The fraction of sp³-hybridized carbons (Fsp3) is 0.250. The van der Waals surface area contributed by atoms with Crippen LogP contribution < -0.4 is 10.2 Å². The molecule has 1 aliphatic rings. The van der Waals surface area contributed by atoms with Gasteiger partial charge in [0.1, 0.15) is 5.69 Å². The highest BCUT2D eigenvalue weighted by Crippen LogP contribution is 2.24. The normalized spacial score (nSPS) is 14.2. The number of carbonyl (C=O) groups excluding carboxylic acids is 1. The smallest absolute Gasteiger partial charge is 0.274 e. The quantitative estimate of drug-likeness (QED) is 0.702. The molecule has 6 heteroatoms. The minimum absolute atomic E-state index is 0.290. The predicted molar refractivity (Wildman–Crippen MR) is 116 cm³/mol. The molecule has 0 bridgehead atoms. The summed E-state index contributed by atoms with van der Waals surface area (Å²) < 4.78 is 0. The van der Waals surface area contributed by atoms with Gasteiger partial charge in [0.05, 0.1) is 11.6 Å². The molecule has 0 radical (unpaired) electrons. The minimum atomic E-state index is -0.290. The average Bonchev–Trinajstić information content (AvgIpc) is 2.81. The molecule has 4 rings (SSSR count). The van der Waals surface area contributed by atoms with Gasteiger partial charge < -0.3 is 10.2 Å². The van der Waals surface area contributed by atoms with Crippen molar-refractivity contribution in [3.63, 3.8) is 0 Å². The summed E-state index contributed by atoms with van der Waals surface area (Å²) in [6, 6.07) is 21.0. The number of rotatable bonds is 5. The van der Waals surface area contributed by atoms with Crippen molar-refractivity contribution in [2.75, 3.05) is 23.3 Å². The number of benzene rings is 2. The van der Waals surface area contributed by atoms with Gasteiger partial charge in [0, 0.05) is 25.0 Å². The van der Waals surface area contributed by atoms with E-state index in [4.69, 9.17) is 5.26 Å². The summed E-state index contributed by atoms with van der Waals surface area (Å²) >= 11 is 0. The predicted octanol–water partition coefficient (Wildman–Crippen LogP) is 4.06. The number of nitrogens with one attached hydrogen (secondary N) is 1. The molecule has 2 aromatic carbocycles. The van der Waals surface area contributed by atoms with E-state index in [9.17, 15) is 4.79 Å². The molecule has 1 aliphatic heterocycles. The lowest BCUT2D eigenvalue weighted by Crippen LogP contribution is -2.35. The lowest BCUT2D eigenvalue weighted by atomic mass is 9.90. The molecule has 0 saturated carbocycles. The van der Waals surface area contributed by atoms with Gasteiger partial charge in [-0.1, -0.05) is 30.3 Å². The SMILES string of the molecule is N#Cc1ccc(NC(=O)c2ccnc(N3CCC(Cc4ccccc4)CC3)n2)cc1. The van der Waals surface area contributed by atoms with E-state index < -0.39 is 0 Å². The van der Waals surface area contributed by atoms with Crippen molar-refractivity contribution in [2.24, 2.45) is 5.92 Å². The van der Waals surface area contributed by atoms with E-state index in [1.165, 1.54) is 5.56 Å². The molecular formula is C24H23N5O. The Hall–Kier alpha value is -3.72. The van der Waals surface area contributed by atoms with Gasteiger partial charge in [0.25, 0.3) is 5.91 Å². The number of nitriles is 1. The molecule has 0 spiro atoms. The van der Waals surface area contributed by atoms with Crippen LogP contribution in [0.15, 0.2) is 66.9 Å². The van der Waals surface area contributed by atoms with E-state index in [0.29, 0.717) is 28.8 Å². The maximum Gasteiger partial charge on any atom is 0.274 e. The van der Waals surface area contributed by atoms with Gasteiger partial charge in [-0.2, -0.15) is 5.26 Å². The first-order chi connectivity index (χ1) is 14.7. The van der Waals surface area contributed by atoms with Gasteiger partial charge in [0.15, 0.2) is 0 Å². The summed E-state index contributed by atoms with van der Waals surface area (Å²) in [5, 5.41) is 11.7. The Morgan fingerprint density at radius 2 is 1.80 bits per heavy atom. The first-order valence-corrected chi connectivity index (χ1v) is 10.1. The Morgan fingerprint density at radius 3 is 2.50 bits per heavy atom. The maximum absolute atomic E-state index is 12.6. The lowest BCUT2D eigenvalue weighted by molar-refractivity contribution is 0.102. The third kappa shape index (κ3) is 4.81. The van der Waals surface area contributed by atoms with Crippen LogP contribution in [-0.2, 0) is 6.42 Å². The van der Waals surface area contributed by atoms with Crippen LogP contribution in [0.4, 0.5) is 11.6 Å². The highest BCUT2D eigenvalue weighted by atomic mass is 16.1. The summed E-state index contributed by atoms with van der Waals surface area (Å²) in [6.45, 7) is 1.77. The summed E-state index contributed by atoms with van der Waals surface area (Å²) in [6.07, 6.45) is 4.90. The zero-order chi connectivity index (χ0) is 20.8. The second-order valence-electron chi connectivity index (χ2n) is 7.51. The van der Waals surface area contributed by atoms with Crippen LogP contribution in [0.2, 0.25) is 0 Å². The number of hydrogen-bond donors (Lipinski definition) is 1. The fourth-order valence-corrected chi connectivity index (χ4v) is 3.73. The summed E-state index contributed by atoms with van der Waals surface area (Å²) in [5.41, 5.74) is 2.89. The number of piperidine rings is 1. The van der Waals surface area contributed by atoms with Crippen molar-refractivity contribution in [2.45, 2.75) is 19.3 Å². The maximum atomic E-state index is 12.6. The first-order valence-electron chi connectivity index (χ1n) is 10.1. The number of aromatic nitrogens is 2. The molecule has 1 aromatic heterocycles. The molecule has 1 N–H and O–H groups in total. The topological polar surface area (TPSA) is 81.9 Å². The lowest BCUT2D eigenvalue weighted by Gasteiger charge is -2.32. The molecule has 150 valence electrons. The molecule has 0 atom stereocenters. The van der Waals surface area contributed by atoms with Crippen molar-refractivity contribution in [3.05, 3.63) is 83.7 Å². The third-order valence-corrected chi connectivity index (χ3v) is 5.41. The summed E-state index contributed by atoms with van der Waals surface area (Å²) in [5.74, 6) is 0.967. The van der Waals surface area contributed by atoms with Gasteiger partial charge >= 0.3 is 0 Å². The van der Waals surface area contributed by atoms with E-state index >= 15 is 0 Å². The standard InChI is InChI=1S/C24H23N5O/c25-17-20-6-8-21(9-7-20)27-23(30)22-10-13-26-24(28-22)29-14-11-19(12-15-29)16-18-4-2-1-3-5-18/h1-10,13,19H,11-12,14-16H2,(H,27,30). The average molecular weight is 397 g/mol. The second kappa shape index (κ2) is 9.19. The molecular weight excluding hydrogens is 374 g/mol.